The molecule has 0 saturated carbocycles. The Balaban J connectivity index is 1.85. The van der Waals surface area contributed by atoms with E-state index in [0.29, 0.717) is 5.56 Å². The molecule has 0 spiro atoms. The van der Waals surface area contributed by atoms with Crippen LogP contribution in [0, 0.1) is 10.1 Å². The molecular formula is C23H19ClN4O7. The number of anilines is 1. The van der Waals surface area contributed by atoms with Gasteiger partial charge in [-0.2, -0.15) is 0 Å². The number of benzene rings is 2. The minimum atomic E-state index is -1.40. The molecule has 0 aliphatic heterocycles. The van der Waals surface area contributed by atoms with Gasteiger partial charge in [0.2, 0.25) is 6.10 Å². The van der Waals surface area contributed by atoms with Crippen LogP contribution in [-0.4, -0.2) is 25.9 Å². The number of non-ortho nitro benzene ring substituents is 1. The number of rotatable bonds is 7. The molecule has 11 nitrogen and oxygen atoms in total. The number of amides is 1. The molecule has 12 heteroatoms. The summed E-state index contributed by atoms with van der Waals surface area (Å²) in [7, 11) is 2.76. The Morgan fingerprint density at radius 3 is 2.46 bits per heavy atom. The van der Waals surface area contributed by atoms with Gasteiger partial charge in [-0.15, -0.1) is 0 Å². The number of aryl methyl sites for hydroxylation is 1. The highest BCUT2D eigenvalue weighted by atomic mass is 35.5. The van der Waals surface area contributed by atoms with E-state index in [-0.39, 0.29) is 22.0 Å². The van der Waals surface area contributed by atoms with Crippen LogP contribution in [0.25, 0.3) is 6.08 Å². The molecule has 3 aromatic rings. The second-order valence-corrected chi connectivity index (χ2v) is 7.72. The molecule has 2 aromatic carbocycles. The Kier molecular flexibility index (Phi) is 7.62. The summed E-state index contributed by atoms with van der Waals surface area (Å²) in [6.45, 7) is 0. The van der Waals surface area contributed by atoms with Crippen LogP contribution in [0.4, 0.5) is 11.4 Å². The first-order valence-corrected chi connectivity index (χ1v) is 10.4. The van der Waals surface area contributed by atoms with E-state index >= 15 is 0 Å². The number of hydrogen-bond acceptors (Lipinski definition) is 7. The van der Waals surface area contributed by atoms with Crippen molar-refractivity contribution >= 4 is 40.9 Å². The second-order valence-electron chi connectivity index (χ2n) is 7.31. The van der Waals surface area contributed by atoms with E-state index in [1.165, 1.54) is 43.1 Å². The van der Waals surface area contributed by atoms with Crippen LogP contribution in [0.1, 0.15) is 17.2 Å². The third-order valence-electron chi connectivity index (χ3n) is 4.87. The summed E-state index contributed by atoms with van der Waals surface area (Å²) in [5.74, 6) is -1.69. The zero-order valence-corrected chi connectivity index (χ0v) is 19.3. The lowest BCUT2D eigenvalue weighted by molar-refractivity contribution is -0.384. The number of nitrogens with zero attached hydrogens (tertiary/aromatic N) is 3. The molecule has 35 heavy (non-hydrogen) atoms. The molecule has 1 unspecified atom stereocenters. The molecule has 1 aromatic heterocycles. The van der Waals surface area contributed by atoms with Crippen molar-refractivity contribution in [2.45, 2.75) is 6.10 Å². The lowest BCUT2D eigenvalue weighted by Gasteiger charge is -2.17. The molecule has 1 amide bonds. The molecule has 1 N–H and O–H groups in total. The standard InChI is InChI=1S/C23H19ClN4O7/c1-26-13-15(22(31)27(2)23(26)32)8-11-19(29)35-20(14-6-4-3-5-7-14)21(30)25-18-10-9-16(28(33)34)12-17(18)24/h3-13,20H,1-2H3,(H,25,30)/b11-8+. The highest BCUT2D eigenvalue weighted by molar-refractivity contribution is 6.34. The molecule has 180 valence electrons. The Morgan fingerprint density at radius 2 is 1.83 bits per heavy atom. The van der Waals surface area contributed by atoms with Crippen molar-refractivity contribution < 1.29 is 19.2 Å². The minimum absolute atomic E-state index is 0.0601. The maximum atomic E-state index is 13.0. The van der Waals surface area contributed by atoms with Gasteiger partial charge < -0.3 is 14.6 Å². The van der Waals surface area contributed by atoms with Crippen molar-refractivity contribution in [2.75, 3.05) is 5.32 Å². The van der Waals surface area contributed by atoms with Crippen LogP contribution in [0.3, 0.4) is 0 Å². The normalized spacial score (nSPS) is 11.7. The fourth-order valence-electron chi connectivity index (χ4n) is 3.08. The topological polar surface area (TPSA) is 143 Å². The van der Waals surface area contributed by atoms with E-state index in [1.807, 2.05) is 0 Å². The summed E-state index contributed by atoms with van der Waals surface area (Å²) in [6, 6.07) is 11.7. The van der Waals surface area contributed by atoms with Gasteiger partial charge in [-0.1, -0.05) is 41.9 Å². The van der Waals surface area contributed by atoms with Crippen LogP contribution in [0.2, 0.25) is 5.02 Å². The van der Waals surface area contributed by atoms with E-state index in [4.69, 9.17) is 16.3 Å². The molecule has 0 aliphatic rings. The maximum Gasteiger partial charge on any atom is 0.331 e. The van der Waals surface area contributed by atoms with E-state index in [1.54, 1.807) is 30.3 Å². The van der Waals surface area contributed by atoms with Gasteiger partial charge in [0, 0.05) is 44.1 Å². The quantitative estimate of drug-likeness (QED) is 0.228. The average Bonchev–Trinajstić information content (AvgIpc) is 2.84. The zero-order chi connectivity index (χ0) is 25.7. The Morgan fingerprint density at radius 1 is 1.14 bits per heavy atom. The smallest absolute Gasteiger partial charge is 0.331 e. The summed E-state index contributed by atoms with van der Waals surface area (Å²) in [5, 5.41) is 13.3. The van der Waals surface area contributed by atoms with Crippen molar-refractivity contribution in [1.82, 2.24) is 9.13 Å². The van der Waals surface area contributed by atoms with E-state index in [0.717, 1.165) is 16.7 Å². The third kappa shape index (κ3) is 5.89. The zero-order valence-electron chi connectivity index (χ0n) is 18.5. The van der Waals surface area contributed by atoms with Gasteiger partial charge in [-0.05, 0) is 12.1 Å². The van der Waals surface area contributed by atoms with Crippen LogP contribution >= 0.6 is 11.6 Å². The first-order valence-electron chi connectivity index (χ1n) is 10.0. The molecule has 0 saturated heterocycles. The molecule has 1 heterocycles. The number of halogens is 1. The monoisotopic (exact) mass is 498 g/mol. The molecule has 0 radical (unpaired) electrons. The van der Waals surface area contributed by atoms with Crippen LogP contribution in [-0.2, 0) is 28.4 Å². The molecule has 1 atom stereocenters. The average molecular weight is 499 g/mol. The lowest BCUT2D eigenvalue weighted by atomic mass is 10.1. The molecule has 0 bridgehead atoms. The SMILES string of the molecule is Cn1cc(/C=C/C(=O)OC(C(=O)Nc2ccc([N+](=O)[O-])cc2Cl)c2ccccc2)c(=O)n(C)c1=O. The number of nitrogens with one attached hydrogen (secondary N) is 1. The fourth-order valence-corrected chi connectivity index (χ4v) is 3.30. The number of ether oxygens (including phenoxy) is 1. The summed E-state index contributed by atoms with van der Waals surface area (Å²) < 4.78 is 7.42. The van der Waals surface area contributed by atoms with Gasteiger partial charge in [0.1, 0.15) is 0 Å². The number of esters is 1. The molecular weight excluding hydrogens is 480 g/mol. The first kappa shape index (κ1) is 25.1. The molecule has 0 aliphatic carbocycles. The maximum absolute atomic E-state index is 13.0. The number of nitro groups is 1. The van der Waals surface area contributed by atoms with Gasteiger partial charge >= 0.3 is 11.7 Å². The van der Waals surface area contributed by atoms with Crippen LogP contribution < -0.4 is 16.6 Å². The van der Waals surface area contributed by atoms with E-state index in [2.05, 4.69) is 5.32 Å². The minimum Gasteiger partial charge on any atom is -0.444 e. The van der Waals surface area contributed by atoms with Gasteiger partial charge in [-0.25, -0.2) is 9.59 Å². The van der Waals surface area contributed by atoms with Gasteiger partial charge in [0.15, 0.2) is 0 Å². The largest absolute Gasteiger partial charge is 0.444 e. The van der Waals surface area contributed by atoms with E-state index in [9.17, 15) is 29.3 Å². The molecule has 3 rings (SSSR count). The van der Waals surface area contributed by atoms with Crippen molar-refractivity contribution in [3.63, 3.8) is 0 Å². The van der Waals surface area contributed by atoms with Crippen LogP contribution in [0.15, 0.2) is 70.4 Å². The lowest BCUT2D eigenvalue weighted by Crippen LogP contribution is -2.37. The summed E-state index contributed by atoms with van der Waals surface area (Å²) in [5.41, 5.74) is -0.896. The van der Waals surface area contributed by atoms with Crippen molar-refractivity contribution in [3.05, 3.63) is 108 Å². The van der Waals surface area contributed by atoms with Gasteiger partial charge in [-0.3, -0.25) is 24.3 Å². The highest BCUT2D eigenvalue weighted by Gasteiger charge is 2.25. The van der Waals surface area contributed by atoms with Crippen molar-refractivity contribution in [1.29, 1.82) is 0 Å². The highest BCUT2D eigenvalue weighted by Crippen LogP contribution is 2.28. The predicted octanol–water partition coefficient (Wildman–Crippen LogP) is 2.58. The predicted molar refractivity (Wildman–Crippen MR) is 128 cm³/mol. The number of carbonyl (C=O) groups excluding carboxylic acids is 2. The van der Waals surface area contributed by atoms with Gasteiger partial charge in [0.25, 0.3) is 17.2 Å². The van der Waals surface area contributed by atoms with Crippen molar-refractivity contribution in [3.8, 4) is 0 Å². The third-order valence-corrected chi connectivity index (χ3v) is 5.18. The van der Waals surface area contributed by atoms with Gasteiger partial charge in [0.05, 0.1) is 21.2 Å². The number of aromatic nitrogens is 2. The second kappa shape index (κ2) is 10.6. The summed E-state index contributed by atoms with van der Waals surface area (Å²) in [6.07, 6.45) is 2.01. The van der Waals surface area contributed by atoms with Crippen LogP contribution in [0.5, 0.6) is 0 Å². The number of hydrogen-bond donors (Lipinski definition) is 1. The van der Waals surface area contributed by atoms with Crippen molar-refractivity contribution in [2.24, 2.45) is 14.1 Å². The Labute approximate surface area is 203 Å². The summed E-state index contributed by atoms with van der Waals surface area (Å²) in [4.78, 5) is 59.8. The number of carbonyl (C=O) groups is 2. The summed E-state index contributed by atoms with van der Waals surface area (Å²) >= 11 is 6.05. The Bertz CT molecular complexity index is 1440. The fraction of sp³-hybridized carbons (Fsp3) is 0.130. The first-order chi connectivity index (χ1) is 16.6. The van der Waals surface area contributed by atoms with E-state index < -0.39 is 34.2 Å². The number of nitro benzene ring substituents is 1. The Hall–Kier alpha value is -4.51. The molecule has 0 fully saturated rings.